The predicted molar refractivity (Wildman–Crippen MR) is 273 cm³/mol. The summed E-state index contributed by atoms with van der Waals surface area (Å²) in [6, 6.07) is -0.486. The number of hydrogen-bond donors (Lipinski definition) is 2. The number of rotatable bonds is 22. The number of unbranched alkanes of at least 4 members (excludes halogenated alkanes) is 1. The molecule has 12 nitrogen and oxygen atoms in total. The second kappa shape index (κ2) is 24.9. The number of alkyl carbamates (subject to hydrolysis) is 2. The molecular formula is C56H100N4O8. The summed E-state index contributed by atoms with van der Waals surface area (Å²) in [5.41, 5.74) is 0.333. The van der Waals surface area contributed by atoms with Gasteiger partial charge in [-0.2, -0.15) is 0 Å². The van der Waals surface area contributed by atoms with Crippen molar-refractivity contribution in [2.75, 3.05) is 39.3 Å². The normalized spacial score (nSPS) is 27.0. The van der Waals surface area contributed by atoms with Gasteiger partial charge in [0.1, 0.15) is 28.9 Å². The number of carbonyl (C=O) groups is 4. The Bertz CT molecular complexity index is 1660. The van der Waals surface area contributed by atoms with Gasteiger partial charge in [-0.15, -0.1) is 0 Å². The summed E-state index contributed by atoms with van der Waals surface area (Å²) >= 11 is 0. The van der Waals surface area contributed by atoms with Crippen LogP contribution in [0.15, 0.2) is 11.6 Å². The van der Waals surface area contributed by atoms with Crippen molar-refractivity contribution in [3.05, 3.63) is 11.6 Å². The molecule has 0 radical (unpaired) electrons. The number of amides is 3. The van der Waals surface area contributed by atoms with Gasteiger partial charge in [-0.1, -0.05) is 65.5 Å². The molecule has 0 aromatic rings. The minimum atomic E-state index is -0.653. The van der Waals surface area contributed by atoms with Crippen molar-refractivity contribution >= 4 is 24.2 Å². The van der Waals surface area contributed by atoms with Crippen LogP contribution in [0.3, 0.4) is 0 Å². The van der Waals surface area contributed by atoms with Crippen LogP contribution in [0.2, 0.25) is 0 Å². The van der Waals surface area contributed by atoms with Gasteiger partial charge in [0.05, 0.1) is 0 Å². The molecule has 2 N–H and O–H groups in total. The Kier molecular flexibility index (Phi) is 21.1. The first-order valence-corrected chi connectivity index (χ1v) is 27.2. The predicted octanol–water partition coefficient (Wildman–Crippen LogP) is 12.9. The molecule has 0 aliphatic heterocycles. The number of ether oxygens (including phenoxy) is 4. The average molecular weight is 957 g/mol. The van der Waals surface area contributed by atoms with Crippen LogP contribution in [0.25, 0.3) is 0 Å². The molecule has 0 aromatic heterocycles. The average Bonchev–Trinajstić information content (AvgIpc) is 3.56. The van der Waals surface area contributed by atoms with Crippen molar-refractivity contribution in [1.29, 1.82) is 0 Å². The van der Waals surface area contributed by atoms with E-state index in [2.05, 4.69) is 56.2 Å². The van der Waals surface area contributed by atoms with Crippen molar-refractivity contribution in [3.8, 4) is 0 Å². The lowest BCUT2D eigenvalue weighted by Gasteiger charge is -2.58. The quantitative estimate of drug-likeness (QED) is 0.0470. The Labute approximate surface area is 414 Å². The second-order valence-corrected chi connectivity index (χ2v) is 25.2. The van der Waals surface area contributed by atoms with Crippen LogP contribution < -0.4 is 10.6 Å². The van der Waals surface area contributed by atoms with Gasteiger partial charge >= 0.3 is 24.2 Å². The van der Waals surface area contributed by atoms with E-state index in [9.17, 15) is 19.2 Å². The smallest absolute Gasteiger partial charge is 0.410 e. The monoisotopic (exact) mass is 957 g/mol. The molecule has 3 amide bonds. The van der Waals surface area contributed by atoms with Gasteiger partial charge in [0.2, 0.25) is 0 Å². The Morgan fingerprint density at radius 3 is 1.88 bits per heavy atom. The Morgan fingerprint density at radius 2 is 1.29 bits per heavy atom. The third-order valence-electron chi connectivity index (χ3n) is 16.4. The van der Waals surface area contributed by atoms with Crippen molar-refractivity contribution in [3.63, 3.8) is 0 Å². The molecule has 9 unspecified atom stereocenters. The van der Waals surface area contributed by atoms with Gasteiger partial charge in [-0.25, -0.2) is 14.4 Å². The summed E-state index contributed by atoms with van der Waals surface area (Å²) in [7, 11) is 0. The van der Waals surface area contributed by atoms with Gasteiger partial charge in [0.15, 0.2) is 0 Å². The number of hydrogen-bond acceptors (Lipinski definition) is 9. The van der Waals surface area contributed by atoms with Gasteiger partial charge < -0.3 is 34.5 Å². The van der Waals surface area contributed by atoms with Gasteiger partial charge in [0, 0.05) is 39.1 Å². The summed E-state index contributed by atoms with van der Waals surface area (Å²) in [6.45, 7) is 33.7. The van der Waals surface area contributed by atoms with Crippen LogP contribution in [0.4, 0.5) is 14.4 Å². The molecule has 0 spiro atoms. The van der Waals surface area contributed by atoms with E-state index in [1.165, 1.54) is 63.4 Å². The fourth-order valence-electron chi connectivity index (χ4n) is 12.7. The molecule has 0 saturated heterocycles. The van der Waals surface area contributed by atoms with Crippen LogP contribution >= 0.6 is 0 Å². The highest BCUT2D eigenvalue weighted by atomic mass is 16.6. The van der Waals surface area contributed by atoms with Crippen molar-refractivity contribution < 1.29 is 38.1 Å². The maximum absolute atomic E-state index is 14.1. The number of fused-ring (bicyclic) bond motifs is 5. The molecule has 4 aliphatic rings. The molecule has 68 heavy (non-hydrogen) atoms. The van der Waals surface area contributed by atoms with Gasteiger partial charge in [0.25, 0.3) is 0 Å². The van der Waals surface area contributed by atoms with Crippen LogP contribution in [-0.4, -0.2) is 102 Å². The molecule has 392 valence electrons. The molecule has 9 atom stereocenters. The van der Waals surface area contributed by atoms with Crippen molar-refractivity contribution in [1.82, 2.24) is 20.4 Å². The summed E-state index contributed by atoms with van der Waals surface area (Å²) in [5, 5.41) is 5.64. The number of nitrogens with zero attached hydrogens (tertiary/aromatic N) is 2. The van der Waals surface area contributed by atoms with E-state index in [0.717, 1.165) is 55.3 Å². The van der Waals surface area contributed by atoms with Crippen LogP contribution in [0, 0.1) is 46.3 Å². The highest BCUT2D eigenvalue weighted by Gasteiger charge is 2.58. The highest BCUT2D eigenvalue weighted by molar-refractivity contribution is 5.75. The number of nitrogens with one attached hydrogen (secondary N) is 2. The van der Waals surface area contributed by atoms with Crippen LogP contribution in [0.5, 0.6) is 0 Å². The summed E-state index contributed by atoms with van der Waals surface area (Å²) in [6.07, 6.45) is 18.6. The minimum Gasteiger partial charge on any atom is -0.461 e. The standard InChI is InChI=1S/C56H100N4O8/c1-16-41(39(2)3)22-19-23-42-25-27-46-45-26-24-43-38-44(28-30-56(43,15)47(45)29-31-55(42,46)14)65-48(61)40(4)59(36-20-32-57-49(62)66-52(5,6)7)34-17-18-35-60(51(64)68-54(11,12)13)37-21-33-58-50(63)67-53(8,9)10/h24,39-42,44-47H,16-23,25-38H2,1-15H3,(H,57,62)(H,58,63). The van der Waals surface area contributed by atoms with E-state index >= 15 is 0 Å². The summed E-state index contributed by atoms with van der Waals surface area (Å²) in [4.78, 5) is 55.9. The highest BCUT2D eigenvalue weighted by Crippen LogP contribution is 2.67. The van der Waals surface area contributed by atoms with Crippen LogP contribution in [-0.2, 0) is 23.7 Å². The van der Waals surface area contributed by atoms with E-state index in [-0.39, 0.29) is 17.5 Å². The van der Waals surface area contributed by atoms with E-state index < -0.39 is 41.1 Å². The molecule has 12 heteroatoms. The topological polar surface area (TPSA) is 136 Å². The zero-order valence-corrected chi connectivity index (χ0v) is 45.9. The number of allylic oxidation sites excluding steroid dienone is 1. The van der Waals surface area contributed by atoms with Gasteiger partial charge in [-0.3, -0.25) is 9.69 Å². The first-order valence-electron chi connectivity index (χ1n) is 27.2. The first kappa shape index (κ1) is 57.6. The maximum Gasteiger partial charge on any atom is 0.410 e. The lowest BCUT2D eigenvalue weighted by molar-refractivity contribution is -0.157. The van der Waals surface area contributed by atoms with Crippen molar-refractivity contribution in [2.45, 2.75) is 236 Å². The fraction of sp³-hybridized carbons (Fsp3) is 0.893. The fourth-order valence-corrected chi connectivity index (χ4v) is 12.7. The van der Waals surface area contributed by atoms with E-state index in [4.69, 9.17) is 18.9 Å². The van der Waals surface area contributed by atoms with Crippen molar-refractivity contribution in [2.24, 2.45) is 46.3 Å². The third-order valence-corrected chi connectivity index (χ3v) is 16.4. The Hall–Kier alpha value is -3.02. The van der Waals surface area contributed by atoms with Gasteiger partial charge in [-0.05, 0) is 199 Å². The molecule has 0 aromatic carbocycles. The zero-order chi connectivity index (χ0) is 50.7. The maximum atomic E-state index is 14.1. The molecule has 3 saturated carbocycles. The number of esters is 1. The summed E-state index contributed by atoms with van der Waals surface area (Å²) in [5.74, 6) is 4.60. The molecular weight excluding hydrogens is 857 g/mol. The zero-order valence-electron chi connectivity index (χ0n) is 45.9. The largest absolute Gasteiger partial charge is 0.461 e. The lowest BCUT2D eigenvalue weighted by Crippen LogP contribution is -2.51. The summed E-state index contributed by atoms with van der Waals surface area (Å²) < 4.78 is 23.0. The van der Waals surface area contributed by atoms with E-state index in [0.29, 0.717) is 69.9 Å². The Morgan fingerprint density at radius 1 is 0.721 bits per heavy atom. The molecule has 3 fully saturated rings. The lowest BCUT2D eigenvalue weighted by atomic mass is 9.47. The number of carbonyl (C=O) groups excluding carboxylic acids is 4. The Balaban J connectivity index is 1.36. The molecule has 0 heterocycles. The third kappa shape index (κ3) is 17.1. The first-order chi connectivity index (χ1) is 31.7. The SMILES string of the molecule is CCC(CCCC1CCC2C3CC=C4CC(OC(=O)C(C)N(CCCCN(CCCNC(=O)OC(C)(C)C)C(=O)OC(C)(C)C)CCCNC(=O)OC(C)(C)C)CCC4(C)C3CCC12C)C(C)C. The molecule has 4 rings (SSSR count). The van der Waals surface area contributed by atoms with E-state index in [1.807, 2.05) is 69.2 Å². The van der Waals surface area contributed by atoms with E-state index in [1.54, 1.807) is 4.90 Å². The molecule has 4 aliphatic carbocycles. The van der Waals surface area contributed by atoms with Crippen LogP contribution in [0.1, 0.15) is 207 Å². The second-order valence-electron chi connectivity index (χ2n) is 25.2. The molecule has 0 bridgehead atoms. The minimum absolute atomic E-state index is 0.133.